The van der Waals surface area contributed by atoms with Crippen molar-refractivity contribution in [3.8, 4) is 0 Å². The van der Waals surface area contributed by atoms with E-state index in [0.29, 0.717) is 35.9 Å². The van der Waals surface area contributed by atoms with Gasteiger partial charge in [0.25, 0.3) is 0 Å². The van der Waals surface area contributed by atoms with E-state index in [9.17, 15) is 15.0 Å². The summed E-state index contributed by atoms with van der Waals surface area (Å²) >= 11 is 0. The topological polar surface area (TPSA) is 66.8 Å². The van der Waals surface area contributed by atoms with E-state index < -0.39 is 17.8 Å². The number of carbonyl (C=O) groups excluding carboxylic acids is 1. The molecule has 4 nitrogen and oxygen atoms in total. The molecule has 0 aromatic heterocycles. The normalized spacial score (nSPS) is 59.7. The summed E-state index contributed by atoms with van der Waals surface area (Å²) in [6.45, 7) is 13.8. The summed E-state index contributed by atoms with van der Waals surface area (Å²) in [4.78, 5) is 14.0. The zero-order valence-electron chi connectivity index (χ0n) is 19.8. The van der Waals surface area contributed by atoms with Crippen LogP contribution >= 0.6 is 0 Å². The van der Waals surface area contributed by atoms with E-state index in [-0.39, 0.29) is 34.7 Å². The lowest BCUT2D eigenvalue weighted by Crippen LogP contribution is -2.68. The van der Waals surface area contributed by atoms with Crippen LogP contribution in [0.3, 0.4) is 0 Å². The maximum absolute atomic E-state index is 14.0. The molecular weight excluding hydrogens is 376 g/mol. The van der Waals surface area contributed by atoms with Crippen molar-refractivity contribution in [2.24, 2.45) is 51.2 Å². The van der Waals surface area contributed by atoms with E-state index in [1.807, 2.05) is 6.92 Å². The first-order valence-electron chi connectivity index (χ1n) is 12.4. The van der Waals surface area contributed by atoms with Gasteiger partial charge in [0, 0.05) is 23.7 Å². The number of fused-ring (bicyclic) bond motifs is 7. The Labute approximate surface area is 182 Å². The molecule has 0 aromatic rings. The third-order valence-corrected chi connectivity index (χ3v) is 11.6. The van der Waals surface area contributed by atoms with Crippen molar-refractivity contribution in [1.29, 1.82) is 0 Å². The van der Waals surface area contributed by atoms with Crippen LogP contribution in [0.25, 0.3) is 0 Å². The van der Waals surface area contributed by atoms with Crippen LogP contribution in [0.2, 0.25) is 0 Å². The highest BCUT2D eigenvalue weighted by atomic mass is 16.6. The van der Waals surface area contributed by atoms with Gasteiger partial charge in [0.15, 0.2) is 6.29 Å². The fraction of sp³-hybridized carbons (Fsp3) is 0.962. The Bertz CT molecular complexity index is 747. The van der Waals surface area contributed by atoms with E-state index in [4.69, 9.17) is 4.74 Å². The number of ketones is 1. The largest absolute Gasteiger partial charge is 0.393 e. The maximum Gasteiger partial charge on any atom is 0.159 e. The lowest BCUT2D eigenvalue weighted by Gasteiger charge is -2.69. The number of aliphatic hydroxyl groups is 2. The minimum Gasteiger partial charge on any atom is -0.393 e. The first-order valence-corrected chi connectivity index (χ1v) is 12.4. The van der Waals surface area contributed by atoms with Crippen LogP contribution in [-0.4, -0.2) is 34.5 Å². The van der Waals surface area contributed by atoms with Crippen LogP contribution in [0.15, 0.2) is 0 Å². The lowest BCUT2D eigenvalue weighted by atomic mass is 9.34. The molecule has 5 rings (SSSR count). The average Bonchev–Trinajstić information content (AvgIpc) is 2.95. The number of hydrogen-bond donors (Lipinski definition) is 2. The number of aliphatic hydroxyl groups excluding tert-OH is 2. The van der Waals surface area contributed by atoms with Crippen LogP contribution in [0.5, 0.6) is 0 Å². The second-order valence-corrected chi connectivity index (χ2v) is 13.1. The third kappa shape index (κ3) is 2.42. The van der Waals surface area contributed by atoms with Gasteiger partial charge in [0.1, 0.15) is 5.78 Å². The van der Waals surface area contributed by atoms with Crippen LogP contribution in [-0.2, 0) is 9.53 Å². The van der Waals surface area contributed by atoms with Crippen molar-refractivity contribution < 1.29 is 19.7 Å². The molecule has 11 unspecified atom stereocenters. The fourth-order valence-corrected chi connectivity index (χ4v) is 10.3. The second kappa shape index (κ2) is 6.32. The standard InChI is InChI=1S/C26H42O4/c1-14-20-15(27)12-18-25(5)11-8-16-23(2,3)9-7-10-24(16,4)17(25)13-19(28)26(18,6)21(20)22(29)30-14/h14-18,20-22,27,29H,7-13H2,1-6H3. The molecule has 0 aromatic carbocycles. The highest BCUT2D eigenvalue weighted by molar-refractivity contribution is 5.87. The summed E-state index contributed by atoms with van der Waals surface area (Å²) in [5, 5.41) is 22.0. The van der Waals surface area contributed by atoms with Crippen LogP contribution < -0.4 is 0 Å². The third-order valence-electron chi connectivity index (χ3n) is 11.6. The summed E-state index contributed by atoms with van der Waals surface area (Å²) in [5.41, 5.74) is -0.0582. The summed E-state index contributed by atoms with van der Waals surface area (Å²) in [5.74, 6) is 1.02. The van der Waals surface area contributed by atoms with Gasteiger partial charge in [-0.05, 0) is 73.0 Å². The van der Waals surface area contributed by atoms with Crippen molar-refractivity contribution in [1.82, 2.24) is 0 Å². The predicted molar refractivity (Wildman–Crippen MR) is 115 cm³/mol. The summed E-state index contributed by atoms with van der Waals surface area (Å²) in [6.07, 6.45) is 5.75. The van der Waals surface area contributed by atoms with E-state index in [1.165, 1.54) is 25.7 Å². The molecule has 0 radical (unpaired) electrons. The zero-order valence-corrected chi connectivity index (χ0v) is 19.8. The van der Waals surface area contributed by atoms with E-state index in [2.05, 4.69) is 34.6 Å². The molecule has 5 fully saturated rings. The van der Waals surface area contributed by atoms with Crippen LogP contribution in [0.4, 0.5) is 0 Å². The maximum atomic E-state index is 14.0. The molecule has 1 aliphatic heterocycles. The van der Waals surface area contributed by atoms with E-state index in [1.54, 1.807) is 0 Å². The van der Waals surface area contributed by atoms with Gasteiger partial charge in [-0.25, -0.2) is 0 Å². The first-order chi connectivity index (χ1) is 13.9. The molecule has 0 spiro atoms. The number of rotatable bonds is 0. The second-order valence-electron chi connectivity index (χ2n) is 13.1. The van der Waals surface area contributed by atoms with E-state index >= 15 is 0 Å². The highest BCUT2D eigenvalue weighted by Crippen LogP contribution is 2.73. The summed E-state index contributed by atoms with van der Waals surface area (Å²) in [6, 6.07) is 0. The van der Waals surface area contributed by atoms with Gasteiger partial charge in [0.05, 0.1) is 12.2 Å². The fourth-order valence-electron chi connectivity index (χ4n) is 10.3. The molecule has 4 aliphatic carbocycles. The molecule has 2 N–H and O–H groups in total. The van der Waals surface area contributed by atoms with Gasteiger partial charge < -0.3 is 14.9 Å². The Morgan fingerprint density at radius 2 is 1.60 bits per heavy atom. The number of hydrogen-bond acceptors (Lipinski definition) is 4. The molecule has 4 heteroatoms. The average molecular weight is 419 g/mol. The van der Waals surface area contributed by atoms with Crippen molar-refractivity contribution in [3.63, 3.8) is 0 Å². The molecule has 0 amide bonds. The minimum atomic E-state index is -0.947. The Hall–Kier alpha value is -0.450. The Kier molecular flexibility index (Phi) is 4.51. The Balaban J connectivity index is 1.59. The first kappa shape index (κ1) is 21.4. The molecule has 30 heavy (non-hydrogen) atoms. The summed E-state index contributed by atoms with van der Waals surface area (Å²) in [7, 11) is 0. The van der Waals surface area contributed by atoms with Gasteiger partial charge in [-0.2, -0.15) is 0 Å². The molecule has 11 atom stereocenters. The van der Waals surface area contributed by atoms with Gasteiger partial charge in [-0.15, -0.1) is 0 Å². The molecule has 0 bridgehead atoms. The lowest BCUT2D eigenvalue weighted by molar-refractivity contribution is -0.230. The van der Waals surface area contributed by atoms with Crippen molar-refractivity contribution >= 4 is 5.78 Å². The minimum absolute atomic E-state index is 0.0266. The highest BCUT2D eigenvalue weighted by Gasteiger charge is 2.72. The molecule has 170 valence electrons. The number of carbonyl (C=O) groups is 1. The van der Waals surface area contributed by atoms with Gasteiger partial charge >= 0.3 is 0 Å². The number of Topliss-reactive ketones (excluding diaryl/α,β-unsaturated/α-hetero) is 1. The Morgan fingerprint density at radius 1 is 0.933 bits per heavy atom. The molecule has 4 saturated carbocycles. The van der Waals surface area contributed by atoms with Crippen molar-refractivity contribution in [2.75, 3.05) is 0 Å². The molecular formula is C26H42O4. The summed E-state index contributed by atoms with van der Waals surface area (Å²) < 4.78 is 5.79. The predicted octanol–water partition coefficient (Wildman–Crippen LogP) is 4.56. The zero-order chi connectivity index (χ0) is 21.9. The number of ether oxygens (including phenoxy) is 1. The van der Waals surface area contributed by atoms with Gasteiger partial charge in [-0.1, -0.05) is 41.0 Å². The van der Waals surface area contributed by atoms with Crippen LogP contribution in [0, 0.1) is 51.2 Å². The van der Waals surface area contributed by atoms with Crippen molar-refractivity contribution in [3.05, 3.63) is 0 Å². The van der Waals surface area contributed by atoms with Crippen molar-refractivity contribution in [2.45, 2.75) is 105 Å². The molecule has 5 aliphatic rings. The van der Waals surface area contributed by atoms with E-state index in [0.717, 1.165) is 6.42 Å². The van der Waals surface area contributed by atoms with Crippen LogP contribution in [0.1, 0.15) is 86.5 Å². The van der Waals surface area contributed by atoms with Gasteiger partial charge in [0.2, 0.25) is 0 Å². The molecule has 1 saturated heterocycles. The van der Waals surface area contributed by atoms with Gasteiger partial charge in [-0.3, -0.25) is 4.79 Å². The Morgan fingerprint density at radius 3 is 2.30 bits per heavy atom. The monoisotopic (exact) mass is 418 g/mol. The molecule has 1 heterocycles. The smallest absolute Gasteiger partial charge is 0.159 e. The quantitative estimate of drug-likeness (QED) is 0.605. The SMILES string of the molecule is CC1OC(O)C2C1C(O)CC1C3(C)CCC4C(C)(C)CCCC4(C)C3CC(=O)C21C.